The van der Waals surface area contributed by atoms with Gasteiger partial charge in [0.25, 0.3) is 0 Å². The Hall–Kier alpha value is -3.65. The Kier molecular flexibility index (Phi) is 4.25. The average molecular weight is 407 g/mol. The lowest BCUT2D eigenvalue weighted by Gasteiger charge is -2.11. The Labute approximate surface area is 170 Å². The van der Waals surface area contributed by atoms with Gasteiger partial charge in [0, 0.05) is 16.1 Å². The summed E-state index contributed by atoms with van der Waals surface area (Å²) in [6, 6.07) is 13.0. The van der Waals surface area contributed by atoms with E-state index in [-0.39, 0.29) is 0 Å². The van der Waals surface area contributed by atoms with Gasteiger partial charge >= 0.3 is 0 Å². The van der Waals surface area contributed by atoms with Gasteiger partial charge in [0.15, 0.2) is 17.1 Å². The maximum atomic E-state index is 5.93. The summed E-state index contributed by atoms with van der Waals surface area (Å²) >= 11 is 5.93. The Morgan fingerprint density at radius 1 is 1.14 bits per heavy atom. The summed E-state index contributed by atoms with van der Waals surface area (Å²) in [7, 11) is 1.63. The zero-order valence-corrected chi connectivity index (χ0v) is 16.1. The normalized spacial score (nSPS) is 11.2. The fraction of sp³-hybridized carbons (Fsp3) is 0.100. The summed E-state index contributed by atoms with van der Waals surface area (Å²) in [5.41, 5.74) is 3.09. The summed E-state index contributed by atoms with van der Waals surface area (Å²) in [6.45, 7) is 0.333. The van der Waals surface area contributed by atoms with Crippen LogP contribution in [0.3, 0.4) is 0 Å². The van der Waals surface area contributed by atoms with Crippen molar-refractivity contribution >= 4 is 28.3 Å². The molecular weight excluding hydrogens is 392 g/mol. The van der Waals surface area contributed by atoms with E-state index in [0.717, 1.165) is 28.0 Å². The molecule has 5 aromatic rings. The molecule has 8 nitrogen and oxygen atoms in total. The number of fused-ring (bicyclic) bond motifs is 3. The van der Waals surface area contributed by atoms with E-state index in [4.69, 9.17) is 21.1 Å². The molecule has 0 aliphatic rings. The van der Waals surface area contributed by atoms with E-state index in [1.54, 1.807) is 36.3 Å². The first kappa shape index (κ1) is 17.4. The number of aromatic nitrogens is 6. The number of nitrogens with one attached hydrogen (secondary N) is 1. The van der Waals surface area contributed by atoms with Gasteiger partial charge in [-0.2, -0.15) is 5.10 Å². The Balaban J connectivity index is 1.49. The maximum absolute atomic E-state index is 5.93. The summed E-state index contributed by atoms with van der Waals surface area (Å²) in [4.78, 5) is 8.95. The van der Waals surface area contributed by atoms with Gasteiger partial charge in [-0.1, -0.05) is 11.6 Å². The fourth-order valence-electron chi connectivity index (χ4n) is 3.09. The molecule has 0 saturated heterocycles. The molecule has 3 aromatic heterocycles. The minimum Gasteiger partial charge on any atom is -0.496 e. The van der Waals surface area contributed by atoms with Gasteiger partial charge in [0.2, 0.25) is 0 Å². The minimum absolute atomic E-state index is 0.333. The van der Waals surface area contributed by atoms with Crippen molar-refractivity contribution < 1.29 is 9.47 Å². The molecule has 29 heavy (non-hydrogen) atoms. The van der Waals surface area contributed by atoms with Crippen LogP contribution in [0.4, 0.5) is 0 Å². The summed E-state index contributed by atoms with van der Waals surface area (Å²) in [5.74, 6) is 2.03. The van der Waals surface area contributed by atoms with Crippen molar-refractivity contribution in [3.8, 4) is 22.9 Å². The second kappa shape index (κ2) is 7.06. The standard InChI is InChI=1S/C20H15ClN6O2/c1-28-17-7-2-12(8-13(17)10-29-15-5-3-14(21)4-6-15)18-24-20-16-9-23-25-19(16)22-11-27(20)26-18/h2-9,11H,10H2,1H3,(H,23,25). The van der Waals surface area contributed by atoms with Gasteiger partial charge in [-0.3, -0.25) is 5.10 Å². The molecule has 0 aliphatic carbocycles. The highest BCUT2D eigenvalue weighted by Gasteiger charge is 2.13. The maximum Gasteiger partial charge on any atom is 0.182 e. The molecule has 1 N–H and O–H groups in total. The molecule has 9 heteroatoms. The van der Waals surface area contributed by atoms with Crippen LogP contribution in [0.5, 0.6) is 11.5 Å². The van der Waals surface area contributed by atoms with E-state index in [1.165, 1.54) is 0 Å². The second-order valence-corrected chi connectivity index (χ2v) is 6.79. The van der Waals surface area contributed by atoms with Crippen molar-refractivity contribution in [2.45, 2.75) is 6.61 Å². The fourth-order valence-corrected chi connectivity index (χ4v) is 3.21. The molecule has 0 bridgehead atoms. The minimum atomic E-state index is 0.333. The summed E-state index contributed by atoms with van der Waals surface area (Å²) < 4.78 is 13.0. The Morgan fingerprint density at radius 3 is 2.83 bits per heavy atom. The molecular formula is C20H15ClN6O2. The third-order valence-corrected chi connectivity index (χ3v) is 4.79. The molecule has 3 heterocycles. The molecule has 2 aromatic carbocycles. The smallest absolute Gasteiger partial charge is 0.182 e. The molecule has 0 unspecified atom stereocenters. The third kappa shape index (κ3) is 3.23. The molecule has 0 saturated carbocycles. The predicted molar refractivity (Wildman–Crippen MR) is 108 cm³/mol. The van der Waals surface area contributed by atoms with Crippen LogP contribution in [-0.4, -0.2) is 36.9 Å². The van der Waals surface area contributed by atoms with Crippen LogP contribution in [0.25, 0.3) is 28.1 Å². The molecule has 5 rings (SSSR count). The monoisotopic (exact) mass is 406 g/mol. The molecule has 0 aliphatic heterocycles. The average Bonchev–Trinajstić information content (AvgIpc) is 3.39. The van der Waals surface area contributed by atoms with E-state index in [9.17, 15) is 0 Å². The largest absolute Gasteiger partial charge is 0.496 e. The Morgan fingerprint density at radius 2 is 2.00 bits per heavy atom. The number of rotatable bonds is 5. The lowest BCUT2D eigenvalue weighted by atomic mass is 10.1. The lowest BCUT2D eigenvalue weighted by Crippen LogP contribution is -1.99. The predicted octanol–water partition coefficient (Wildman–Crippen LogP) is 3.91. The number of aromatic amines is 1. The van der Waals surface area contributed by atoms with Crippen LogP contribution in [-0.2, 0) is 6.61 Å². The first-order chi connectivity index (χ1) is 14.2. The number of hydrogen-bond acceptors (Lipinski definition) is 6. The van der Waals surface area contributed by atoms with Crippen molar-refractivity contribution in [3.63, 3.8) is 0 Å². The topological polar surface area (TPSA) is 90.2 Å². The van der Waals surface area contributed by atoms with Crippen molar-refractivity contribution in [1.29, 1.82) is 0 Å². The van der Waals surface area contributed by atoms with Crippen LogP contribution in [0.2, 0.25) is 5.02 Å². The first-order valence-electron chi connectivity index (χ1n) is 8.81. The highest BCUT2D eigenvalue weighted by molar-refractivity contribution is 6.30. The zero-order chi connectivity index (χ0) is 19.8. The first-order valence-corrected chi connectivity index (χ1v) is 9.19. The Bertz CT molecular complexity index is 1310. The number of hydrogen-bond donors (Lipinski definition) is 1. The molecule has 0 radical (unpaired) electrons. The molecule has 144 valence electrons. The van der Waals surface area contributed by atoms with E-state index >= 15 is 0 Å². The quantitative estimate of drug-likeness (QED) is 0.476. The summed E-state index contributed by atoms with van der Waals surface area (Å²) in [5, 5.41) is 12.9. The lowest BCUT2D eigenvalue weighted by molar-refractivity contribution is 0.297. The molecule has 0 atom stereocenters. The van der Waals surface area contributed by atoms with Crippen molar-refractivity contribution in [2.75, 3.05) is 7.11 Å². The van der Waals surface area contributed by atoms with Gasteiger partial charge < -0.3 is 9.47 Å². The zero-order valence-electron chi connectivity index (χ0n) is 15.3. The van der Waals surface area contributed by atoms with Gasteiger partial charge in [0.05, 0.1) is 18.7 Å². The molecule has 0 spiro atoms. The highest BCUT2D eigenvalue weighted by Crippen LogP contribution is 2.27. The van der Waals surface area contributed by atoms with Crippen molar-refractivity contribution in [1.82, 2.24) is 29.8 Å². The van der Waals surface area contributed by atoms with Crippen molar-refractivity contribution in [3.05, 3.63) is 65.6 Å². The van der Waals surface area contributed by atoms with Gasteiger partial charge in [-0.15, -0.1) is 5.10 Å². The number of nitrogens with zero attached hydrogens (tertiary/aromatic N) is 5. The van der Waals surface area contributed by atoms with Gasteiger partial charge in [-0.05, 0) is 42.5 Å². The number of halogens is 1. The van der Waals surface area contributed by atoms with Crippen LogP contribution >= 0.6 is 11.6 Å². The molecule has 0 fully saturated rings. The van der Waals surface area contributed by atoms with E-state index in [0.29, 0.717) is 28.7 Å². The van der Waals surface area contributed by atoms with Crippen LogP contribution in [0.15, 0.2) is 55.0 Å². The van der Waals surface area contributed by atoms with Gasteiger partial charge in [0.1, 0.15) is 24.4 Å². The molecule has 0 amide bonds. The number of methoxy groups -OCH3 is 1. The second-order valence-electron chi connectivity index (χ2n) is 6.35. The van der Waals surface area contributed by atoms with Crippen LogP contribution in [0, 0.1) is 0 Å². The number of ether oxygens (including phenoxy) is 2. The van der Waals surface area contributed by atoms with Crippen molar-refractivity contribution in [2.24, 2.45) is 0 Å². The number of benzene rings is 2. The SMILES string of the molecule is COc1ccc(-c2nc3c4cn[nH]c4ncn3n2)cc1COc1ccc(Cl)cc1. The highest BCUT2D eigenvalue weighted by atomic mass is 35.5. The van der Waals surface area contributed by atoms with Crippen LogP contribution in [0.1, 0.15) is 5.56 Å². The van der Waals surface area contributed by atoms with E-state index in [2.05, 4.69) is 25.3 Å². The number of H-pyrrole nitrogens is 1. The van der Waals surface area contributed by atoms with E-state index in [1.807, 2.05) is 30.3 Å². The van der Waals surface area contributed by atoms with Gasteiger partial charge in [-0.25, -0.2) is 14.5 Å². The third-order valence-electron chi connectivity index (χ3n) is 4.53. The summed E-state index contributed by atoms with van der Waals surface area (Å²) in [6.07, 6.45) is 3.30. The van der Waals surface area contributed by atoms with Crippen LogP contribution < -0.4 is 9.47 Å². The van der Waals surface area contributed by atoms with E-state index < -0.39 is 0 Å².